The van der Waals surface area contributed by atoms with Crippen molar-refractivity contribution in [2.45, 2.75) is 17.3 Å². The zero-order chi connectivity index (χ0) is 21.4. The molecule has 0 bridgehead atoms. The summed E-state index contributed by atoms with van der Waals surface area (Å²) in [5, 5.41) is 0. The van der Waals surface area contributed by atoms with Gasteiger partial charge in [0, 0.05) is 0 Å². The first-order valence-corrected chi connectivity index (χ1v) is 17.9. The first-order valence-electron chi connectivity index (χ1n) is 10.5. The van der Waals surface area contributed by atoms with E-state index in [1.54, 1.807) is 0 Å². The quantitative estimate of drug-likeness (QED) is 0.275. The first kappa shape index (κ1) is 19.8. The minimum absolute atomic E-state index is 0.633. The average molecular weight is 465 g/mol. The Kier molecular flexibility index (Phi) is 4.99. The molecule has 152 valence electrons. The summed E-state index contributed by atoms with van der Waals surface area (Å²) in [5.41, 5.74) is 6.75. The van der Waals surface area contributed by atoms with E-state index in [1.165, 1.54) is 4.40 Å². The molecule has 0 radical (unpaired) electrons. The van der Waals surface area contributed by atoms with E-state index in [0.29, 0.717) is 5.89 Å². The summed E-state index contributed by atoms with van der Waals surface area (Å²) < 4.78 is 7.67. The van der Waals surface area contributed by atoms with Crippen LogP contribution in [-0.2, 0) is 0 Å². The fourth-order valence-electron chi connectivity index (χ4n) is 3.73. The molecule has 31 heavy (non-hydrogen) atoms. The van der Waals surface area contributed by atoms with Crippen LogP contribution in [0.15, 0.2) is 95.5 Å². The van der Waals surface area contributed by atoms with Gasteiger partial charge in [-0.1, -0.05) is 6.07 Å². The van der Waals surface area contributed by atoms with Gasteiger partial charge in [-0.15, -0.1) is 0 Å². The van der Waals surface area contributed by atoms with Gasteiger partial charge in [0.05, 0.1) is 0 Å². The van der Waals surface area contributed by atoms with Crippen molar-refractivity contribution >= 4 is 28.8 Å². The van der Waals surface area contributed by atoms with Crippen LogP contribution < -0.4 is 4.40 Å². The van der Waals surface area contributed by atoms with E-state index in [-0.39, 0.29) is 0 Å². The average Bonchev–Trinajstić information content (AvgIpc) is 3.23. The normalized spacial score (nSPS) is 11.7. The van der Waals surface area contributed by atoms with Crippen molar-refractivity contribution in [3.05, 3.63) is 91.1 Å². The Balaban J connectivity index is 1.69. The molecule has 3 nitrogen and oxygen atoms in total. The molecule has 4 heteroatoms. The maximum atomic E-state index is 6.27. The van der Waals surface area contributed by atoms with Gasteiger partial charge in [0.2, 0.25) is 0 Å². The van der Waals surface area contributed by atoms with E-state index in [2.05, 4.69) is 59.9 Å². The van der Waals surface area contributed by atoms with Crippen LogP contribution in [0.1, 0.15) is 0 Å². The predicted octanol–water partition coefficient (Wildman–Crippen LogP) is 6.77. The number of hydrogen-bond acceptors (Lipinski definition) is 3. The van der Waals surface area contributed by atoms with Gasteiger partial charge >= 0.3 is 179 Å². The molecule has 3 aromatic carbocycles. The van der Waals surface area contributed by atoms with Crippen molar-refractivity contribution in [1.82, 2.24) is 9.97 Å². The van der Waals surface area contributed by atoms with Crippen molar-refractivity contribution in [2.75, 3.05) is 0 Å². The molecule has 0 N–H and O–H groups in total. The fraction of sp³-hybridized carbons (Fsp3) is 0.111. The molecule has 0 fully saturated rings. The standard InChI is InChI=1S/C27H24GeN2O/c1-28(2,3)22-14-15-24(29-18-22)21-16-23(19-10-6-4-7-11-19)26-25(17-21)30-27(31-26)20-12-8-5-9-13-20/h4-18H,1-3H3. The molecule has 5 rings (SSSR count). The zero-order valence-corrected chi connectivity index (χ0v) is 20.1. The number of nitrogens with zero attached hydrogens (tertiary/aromatic N) is 2. The van der Waals surface area contributed by atoms with Crippen LogP contribution in [0, 0.1) is 0 Å². The van der Waals surface area contributed by atoms with Crippen LogP contribution in [-0.4, -0.2) is 23.2 Å². The molecule has 0 aliphatic rings. The van der Waals surface area contributed by atoms with Crippen molar-refractivity contribution in [3.63, 3.8) is 0 Å². The monoisotopic (exact) mass is 466 g/mol. The maximum absolute atomic E-state index is 6.27. The van der Waals surface area contributed by atoms with Crippen molar-refractivity contribution in [2.24, 2.45) is 0 Å². The van der Waals surface area contributed by atoms with E-state index in [0.717, 1.165) is 39.0 Å². The van der Waals surface area contributed by atoms with Gasteiger partial charge in [0.15, 0.2) is 0 Å². The number of fused-ring (bicyclic) bond motifs is 1. The topological polar surface area (TPSA) is 38.9 Å². The van der Waals surface area contributed by atoms with Crippen molar-refractivity contribution in [3.8, 4) is 33.8 Å². The summed E-state index contributed by atoms with van der Waals surface area (Å²) in [5.74, 6) is 7.79. The van der Waals surface area contributed by atoms with Crippen LogP contribution in [0.2, 0.25) is 17.3 Å². The molecule has 2 aromatic heterocycles. The minimum atomic E-state index is -1.90. The van der Waals surface area contributed by atoms with Gasteiger partial charge in [-0.3, -0.25) is 0 Å². The molecular formula is C27H24GeN2O. The molecule has 0 aliphatic carbocycles. The molecule has 2 heterocycles. The Labute approximate surface area is 185 Å². The second kappa shape index (κ2) is 7.82. The van der Waals surface area contributed by atoms with Crippen LogP contribution in [0.4, 0.5) is 0 Å². The van der Waals surface area contributed by atoms with Gasteiger partial charge in [0.1, 0.15) is 0 Å². The molecule has 0 saturated carbocycles. The molecule has 0 spiro atoms. The number of benzene rings is 3. The molecular weight excluding hydrogens is 441 g/mol. The molecule has 0 unspecified atom stereocenters. The third-order valence-electron chi connectivity index (χ3n) is 5.52. The van der Waals surface area contributed by atoms with Gasteiger partial charge in [-0.25, -0.2) is 0 Å². The zero-order valence-electron chi connectivity index (χ0n) is 18.0. The number of pyridine rings is 1. The first-order chi connectivity index (χ1) is 15.0. The van der Waals surface area contributed by atoms with E-state index in [4.69, 9.17) is 14.4 Å². The third kappa shape index (κ3) is 3.93. The Morgan fingerprint density at radius 3 is 2.00 bits per heavy atom. The van der Waals surface area contributed by atoms with Crippen LogP contribution >= 0.6 is 0 Å². The summed E-state index contributed by atoms with van der Waals surface area (Å²) in [6.45, 7) is 0. The summed E-state index contributed by atoms with van der Waals surface area (Å²) in [7, 11) is 0. The van der Waals surface area contributed by atoms with Gasteiger partial charge in [-0.2, -0.15) is 0 Å². The fourth-order valence-corrected chi connectivity index (χ4v) is 5.90. The Hall–Kier alpha value is -3.18. The molecule has 5 aromatic rings. The van der Waals surface area contributed by atoms with E-state index < -0.39 is 13.3 Å². The third-order valence-corrected chi connectivity index (χ3v) is 9.78. The number of aromatic nitrogens is 2. The SMILES string of the molecule is [CH3][Ge]([CH3])([CH3])[c]1ccc(-c2cc(-c3ccccc3)c3oc(-c4ccccc4)nc3c2)nc1. The molecule has 0 aliphatic heterocycles. The van der Waals surface area contributed by atoms with Gasteiger partial charge < -0.3 is 0 Å². The van der Waals surface area contributed by atoms with E-state index in [1.807, 2.05) is 48.5 Å². The van der Waals surface area contributed by atoms with Crippen molar-refractivity contribution < 1.29 is 4.42 Å². The second-order valence-electron chi connectivity index (χ2n) is 8.81. The van der Waals surface area contributed by atoms with Crippen LogP contribution in [0.25, 0.3) is 44.9 Å². The number of rotatable bonds is 4. The Morgan fingerprint density at radius 1 is 0.710 bits per heavy atom. The Morgan fingerprint density at radius 2 is 1.39 bits per heavy atom. The van der Waals surface area contributed by atoms with Crippen LogP contribution in [0.5, 0.6) is 0 Å². The number of oxazole rings is 1. The summed E-state index contributed by atoms with van der Waals surface area (Å²) in [4.78, 5) is 9.64. The Bertz CT molecular complexity index is 1340. The summed E-state index contributed by atoms with van der Waals surface area (Å²) in [6.07, 6.45) is 2.06. The molecule has 0 amide bonds. The molecule has 0 atom stereocenters. The molecule has 0 saturated heterocycles. The van der Waals surface area contributed by atoms with Gasteiger partial charge in [0.25, 0.3) is 0 Å². The predicted molar refractivity (Wildman–Crippen MR) is 131 cm³/mol. The number of hydrogen-bond donors (Lipinski definition) is 0. The van der Waals surface area contributed by atoms with Gasteiger partial charge in [-0.05, 0) is 0 Å². The van der Waals surface area contributed by atoms with Crippen LogP contribution in [0.3, 0.4) is 0 Å². The van der Waals surface area contributed by atoms with E-state index in [9.17, 15) is 0 Å². The van der Waals surface area contributed by atoms with Crippen molar-refractivity contribution in [1.29, 1.82) is 0 Å². The summed E-state index contributed by atoms with van der Waals surface area (Å²) in [6, 6.07) is 29.0. The summed E-state index contributed by atoms with van der Waals surface area (Å²) >= 11 is -1.90. The second-order valence-corrected chi connectivity index (χ2v) is 19.5. The van der Waals surface area contributed by atoms with E-state index >= 15 is 0 Å².